The Balaban J connectivity index is 1.53. The molecule has 4 aromatic rings. The minimum atomic E-state index is 0.743. The molecule has 4 rings (SSSR count). The number of hydrogen-bond acceptors (Lipinski definition) is 2. The van der Waals surface area contributed by atoms with Crippen LogP contribution in [-0.4, -0.2) is 9.97 Å². The van der Waals surface area contributed by atoms with Crippen molar-refractivity contribution in [3.05, 3.63) is 91.3 Å². The maximum Gasteiger partial charge on any atom is 0.204 e. The van der Waals surface area contributed by atoms with E-state index in [0.29, 0.717) is 0 Å². The van der Waals surface area contributed by atoms with Crippen LogP contribution in [0.5, 0.6) is 0 Å². The zero-order valence-electron chi connectivity index (χ0n) is 13.0. The van der Waals surface area contributed by atoms with Gasteiger partial charge in [0.25, 0.3) is 0 Å². The SMILES string of the molecule is [c]1ccc(-c2ccc(-c3ccc(Nc4ncc[nH]4)cc3)cc2)cc1. The number of hydrogen-bond donors (Lipinski definition) is 2. The van der Waals surface area contributed by atoms with E-state index in [-0.39, 0.29) is 0 Å². The normalized spacial score (nSPS) is 10.5. The summed E-state index contributed by atoms with van der Waals surface area (Å²) in [7, 11) is 0. The summed E-state index contributed by atoms with van der Waals surface area (Å²) in [6.45, 7) is 0. The Kier molecular flexibility index (Phi) is 3.82. The first-order valence-corrected chi connectivity index (χ1v) is 7.82. The Morgan fingerprint density at radius 1 is 0.708 bits per heavy atom. The van der Waals surface area contributed by atoms with Crippen molar-refractivity contribution < 1.29 is 0 Å². The van der Waals surface area contributed by atoms with Crippen LogP contribution >= 0.6 is 0 Å². The molecule has 0 atom stereocenters. The van der Waals surface area contributed by atoms with E-state index in [4.69, 9.17) is 0 Å². The second-order valence-corrected chi connectivity index (χ2v) is 5.51. The molecule has 0 saturated carbocycles. The third-order valence-electron chi connectivity index (χ3n) is 3.92. The van der Waals surface area contributed by atoms with Crippen molar-refractivity contribution in [2.75, 3.05) is 5.32 Å². The van der Waals surface area contributed by atoms with Gasteiger partial charge in [-0.3, -0.25) is 0 Å². The average Bonchev–Trinajstić information content (AvgIpc) is 3.16. The lowest BCUT2D eigenvalue weighted by atomic mass is 10.0. The molecule has 1 heterocycles. The van der Waals surface area contributed by atoms with Crippen LogP contribution in [0, 0.1) is 6.07 Å². The van der Waals surface area contributed by atoms with E-state index in [9.17, 15) is 0 Å². The summed E-state index contributed by atoms with van der Waals surface area (Å²) in [5, 5.41) is 3.22. The highest BCUT2D eigenvalue weighted by Crippen LogP contribution is 2.26. The van der Waals surface area contributed by atoms with Gasteiger partial charge in [0.1, 0.15) is 0 Å². The molecule has 0 bridgehead atoms. The van der Waals surface area contributed by atoms with Crippen LogP contribution in [0.3, 0.4) is 0 Å². The number of aromatic amines is 1. The summed E-state index contributed by atoms with van der Waals surface area (Å²) in [5.41, 5.74) is 5.81. The Labute approximate surface area is 141 Å². The fourth-order valence-corrected chi connectivity index (χ4v) is 2.65. The fourth-order valence-electron chi connectivity index (χ4n) is 2.65. The van der Waals surface area contributed by atoms with E-state index < -0.39 is 0 Å². The Bertz CT molecular complexity index is 894. The number of rotatable bonds is 4. The fraction of sp³-hybridized carbons (Fsp3) is 0. The number of imidazole rings is 1. The molecule has 0 unspecified atom stereocenters. The molecular weight excluding hydrogens is 294 g/mol. The molecule has 24 heavy (non-hydrogen) atoms. The van der Waals surface area contributed by atoms with Crippen molar-refractivity contribution >= 4 is 11.6 Å². The summed E-state index contributed by atoms with van der Waals surface area (Å²) in [6.07, 6.45) is 3.52. The van der Waals surface area contributed by atoms with E-state index in [1.807, 2.05) is 12.1 Å². The Morgan fingerprint density at radius 2 is 1.25 bits per heavy atom. The molecule has 2 N–H and O–H groups in total. The van der Waals surface area contributed by atoms with Crippen molar-refractivity contribution in [3.63, 3.8) is 0 Å². The number of H-pyrrole nitrogens is 1. The second kappa shape index (κ2) is 6.42. The van der Waals surface area contributed by atoms with E-state index >= 15 is 0 Å². The number of nitrogens with one attached hydrogen (secondary N) is 2. The molecule has 3 heteroatoms. The molecule has 0 spiro atoms. The lowest BCUT2D eigenvalue weighted by molar-refractivity contribution is 1.29. The van der Waals surface area contributed by atoms with Gasteiger partial charge in [0.2, 0.25) is 5.95 Å². The molecule has 0 fully saturated rings. The summed E-state index contributed by atoms with van der Waals surface area (Å²) in [4.78, 5) is 7.19. The smallest absolute Gasteiger partial charge is 0.204 e. The van der Waals surface area contributed by atoms with Gasteiger partial charge >= 0.3 is 0 Å². The molecule has 0 aliphatic heterocycles. The van der Waals surface area contributed by atoms with Crippen LogP contribution in [0.1, 0.15) is 0 Å². The van der Waals surface area contributed by atoms with Gasteiger partial charge in [-0.2, -0.15) is 0 Å². The topological polar surface area (TPSA) is 40.7 Å². The molecule has 3 aromatic carbocycles. The molecular formula is C21H16N3. The standard InChI is InChI=1S/C21H16N3/c1-2-4-16(5-3-1)17-6-8-18(9-7-17)19-10-12-20(13-11-19)24-21-22-14-15-23-21/h2-15H,(H2,22,23,24). The summed E-state index contributed by atoms with van der Waals surface area (Å²) in [6, 6.07) is 28.0. The highest BCUT2D eigenvalue weighted by molar-refractivity contribution is 5.71. The van der Waals surface area contributed by atoms with E-state index in [1.165, 1.54) is 22.3 Å². The number of aromatic nitrogens is 2. The van der Waals surface area contributed by atoms with Gasteiger partial charge in [-0.25, -0.2) is 4.98 Å². The Hall–Kier alpha value is -3.33. The summed E-state index contributed by atoms with van der Waals surface area (Å²) < 4.78 is 0. The number of benzene rings is 3. The predicted molar refractivity (Wildman–Crippen MR) is 98.0 cm³/mol. The molecule has 115 valence electrons. The largest absolute Gasteiger partial charge is 0.331 e. The minimum absolute atomic E-state index is 0.743. The van der Waals surface area contributed by atoms with Crippen LogP contribution in [0.4, 0.5) is 11.6 Å². The molecule has 0 aliphatic carbocycles. The maximum atomic E-state index is 4.16. The first kappa shape index (κ1) is 14.3. The first-order chi connectivity index (χ1) is 11.9. The zero-order chi connectivity index (χ0) is 16.2. The summed E-state index contributed by atoms with van der Waals surface area (Å²) in [5.74, 6) is 0.743. The quantitative estimate of drug-likeness (QED) is 0.538. The van der Waals surface area contributed by atoms with Gasteiger partial charge in [-0.05, 0) is 40.5 Å². The molecule has 1 aromatic heterocycles. The van der Waals surface area contributed by atoms with Crippen molar-refractivity contribution in [2.24, 2.45) is 0 Å². The Morgan fingerprint density at radius 3 is 1.79 bits per heavy atom. The lowest BCUT2D eigenvalue weighted by Gasteiger charge is -2.07. The average molecular weight is 310 g/mol. The van der Waals surface area contributed by atoms with E-state index in [1.54, 1.807) is 12.4 Å². The van der Waals surface area contributed by atoms with Crippen molar-refractivity contribution in [3.8, 4) is 22.3 Å². The van der Waals surface area contributed by atoms with Gasteiger partial charge in [-0.1, -0.05) is 60.7 Å². The monoisotopic (exact) mass is 310 g/mol. The molecule has 3 nitrogen and oxygen atoms in total. The molecule has 0 aliphatic rings. The molecule has 1 radical (unpaired) electrons. The van der Waals surface area contributed by atoms with E-state index in [0.717, 1.165) is 11.6 Å². The third-order valence-corrected chi connectivity index (χ3v) is 3.92. The number of nitrogens with zero attached hydrogens (tertiary/aromatic N) is 1. The maximum absolute atomic E-state index is 4.16. The van der Waals surface area contributed by atoms with Crippen LogP contribution < -0.4 is 5.32 Å². The predicted octanol–water partition coefficient (Wildman–Crippen LogP) is 5.29. The van der Waals surface area contributed by atoms with Crippen LogP contribution in [0.2, 0.25) is 0 Å². The van der Waals surface area contributed by atoms with Gasteiger partial charge in [-0.15, -0.1) is 0 Å². The van der Waals surface area contributed by atoms with Crippen molar-refractivity contribution in [2.45, 2.75) is 0 Å². The van der Waals surface area contributed by atoms with Gasteiger partial charge in [0.05, 0.1) is 0 Å². The van der Waals surface area contributed by atoms with Crippen LogP contribution in [0.15, 0.2) is 85.2 Å². The first-order valence-electron chi connectivity index (χ1n) is 7.82. The summed E-state index contributed by atoms with van der Waals surface area (Å²) >= 11 is 0. The lowest BCUT2D eigenvalue weighted by Crippen LogP contribution is -1.91. The van der Waals surface area contributed by atoms with Crippen LogP contribution in [-0.2, 0) is 0 Å². The van der Waals surface area contributed by atoms with Gasteiger partial charge < -0.3 is 10.3 Å². The van der Waals surface area contributed by atoms with Gasteiger partial charge in [0, 0.05) is 18.1 Å². The minimum Gasteiger partial charge on any atom is -0.331 e. The third kappa shape index (κ3) is 3.06. The highest BCUT2D eigenvalue weighted by Gasteiger charge is 2.01. The molecule has 0 saturated heterocycles. The van der Waals surface area contributed by atoms with Crippen molar-refractivity contribution in [1.29, 1.82) is 0 Å². The zero-order valence-corrected chi connectivity index (χ0v) is 13.0. The number of anilines is 2. The molecule has 0 amide bonds. The van der Waals surface area contributed by atoms with Gasteiger partial charge in [0.15, 0.2) is 0 Å². The highest BCUT2D eigenvalue weighted by atomic mass is 15.1. The van der Waals surface area contributed by atoms with E-state index in [2.05, 4.69) is 82.0 Å². The van der Waals surface area contributed by atoms with Crippen molar-refractivity contribution in [1.82, 2.24) is 9.97 Å². The van der Waals surface area contributed by atoms with Crippen LogP contribution in [0.25, 0.3) is 22.3 Å². The second-order valence-electron chi connectivity index (χ2n) is 5.51.